The van der Waals surface area contributed by atoms with Gasteiger partial charge in [-0.05, 0) is 26.6 Å². The van der Waals surface area contributed by atoms with E-state index in [0.29, 0.717) is 6.04 Å². The second kappa shape index (κ2) is 4.20. The van der Waals surface area contributed by atoms with Crippen LogP contribution in [-0.4, -0.2) is 30.7 Å². The van der Waals surface area contributed by atoms with Crippen LogP contribution >= 0.6 is 7.70 Å². The Balaban J connectivity index is 3.94. The molecule has 2 heteroatoms. The first kappa shape index (κ1) is 10.3. The summed E-state index contributed by atoms with van der Waals surface area (Å²) in [6.45, 7) is 9.01. The minimum Gasteiger partial charge on any atom is -0.286 e. The van der Waals surface area contributed by atoms with Gasteiger partial charge in [0.1, 0.15) is 0 Å². The van der Waals surface area contributed by atoms with Gasteiger partial charge in [-0.1, -0.05) is 27.8 Å². The summed E-state index contributed by atoms with van der Waals surface area (Å²) in [4.78, 5) is 0. The first-order valence-electron chi connectivity index (χ1n) is 3.85. The number of rotatable bonds is 3. The second-order valence-electron chi connectivity index (χ2n) is 3.33. The molecule has 0 saturated heterocycles. The van der Waals surface area contributed by atoms with Gasteiger partial charge in [-0.3, -0.25) is 4.67 Å². The molecule has 0 fully saturated rings. The Morgan fingerprint density at radius 3 is 1.80 bits per heavy atom. The predicted octanol–water partition coefficient (Wildman–Crippen LogP) is 2.15. The third-order valence-corrected chi connectivity index (χ3v) is 3.79. The Morgan fingerprint density at radius 1 is 1.30 bits per heavy atom. The average molecular weight is 161 g/mol. The molecule has 0 spiro atoms. The molecule has 0 bridgehead atoms. The van der Waals surface area contributed by atoms with E-state index in [0.717, 1.165) is 5.92 Å². The molecule has 0 saturated carbocycles. The number of hydrogen-bond donors (Lipinski definition) is 0. The topological polar surface area (TPSA) is 3.24 Å². The second-order valence-corrected chi connectivity index (χ2v) is 5.51. The standard InChI is InChI=1S/C8H20NP/c1-7(2)8(3)9(4)10(5)6/h7-8,10H,5H2,1-4,6H3. The molecular weight excluding hydrogens is 141 g/mol. The molecule has 2 atom stereocenters. The summed E-state index contributed by atoms with van der Waals surface area (Å²) in [6.07, 6.45) is 4.07. The molecule has 0 aliphatic rings. The molecule has 0 amide bonds. The van der Waals surface area contributed by atoms with Crippen LogP contribution in [0.5, 0.6) is 0 Å². The van der Waals surface area contributed by atoms with E-state index in [2.05, 4.69) is 45.5 Å². The maximum atomic E-state index is 4.07. The van der Waals surface area contributed by atoms with Crippen molar-refractivity contribution in [3.05, 3.63) is 0 Å². The molecule has 62 valence electrons. The summed E-state index contributed by atoms with van der Waals surface area (Å²) < 4.78 is 2.40. The highest BCUT2D eigenvalue weighted by Crippen LogP contribution is 2.24. The van der Waals surface area contributed by atoms with Crippen molar-refractivity contribution in [2.45, 2.75) is 26.8 Å². The summed E-state index contributed by atoms with van der Waals surface area (Å²) >= 11 is 0. The highest BCUT2D eigenvalue weighted by Gasteiger charge is 2.11. The minimum absolute atomic E-state index is 0.473. The molecule has 10 heavy (non-hydrogen) atoms. The van der Waals surface area contributed by atoms with Crippen LogP contribution in [0.15, 0.2) is 0 Å². The summed E-state index contributed by atoms with van der Waals surface area (Å²) in [6, 6.07) is 0.677. The van der Waals surface area contributed by atoms with Gasteiger partial charge in [-0.2, -0.15) is 0 Å². The van der Waals surface area contributed by atoms with Crippen molar-refractivity contribution in [1.82, 2.24) is 4.67 Å². The molecule has 0 aliphatic heterocycles. The van der Waals surface area contributed by atoms with Gasteiger partial charge in [-0.15, -0.1) is 0 Å². The smallest absolute Gasteiger partial charge is 0.0122 e. The largest absolute Gasteiger partial charge is 0.286 e. The van der Waals surface area contributed by atoms with Gasteiger partial charge in [0.05, 0.1) is 0 Å². The van der Waals surface area contributed by atoms with Crippen molar-refractivity contribution >= 4 is 14.0 Å². The molecule has 0 aliphatic carbocycles. The maximum absolute atomic E-state index is 4.07. The van der Waals surface area contributed by atoms with Crippen molar-refractivity contribution < 1.29 is 0 Å². The normalized spacial score (nSPS) is 17.9. The molecule has 0 radical (unpaired) electrons. The quantitative estimate of drug-likeness (QED) is 0.573. The Hall–Kier alpha value is 0.260. The zero-order valence-electron chi connectivity index (χ0n) is 7.81. The lowest BCUT2D eigenvalue weighted by Crippen LogP contribution is -2.27. The molecule has 0 N–H and O–H groups in total. The van der Waals surface area contributed by atoms with Crippen LogP contribution in [0.25, 0.3) is 0 Å². The molecular formula is C8H20NP. The van der Waals surface area contributed by atoms with Crippen molar-refractivity contribution in [3.8, 4) is 0 Å². The minimum atomic E-state index is -0.473. The van der Waals surface area contributed by atoms with Gasteiger partial charge < -0.3 is 0 Å². The van der Waals surface area contributed by atoms with Crippen molar-refractivity contribution in [2.24, 2.45) is 5.92 Å². The SMILES string of the molecule is C=[PH](C)N(C)C(C)C(C)C. The van der Waals surface area contributed by atoms with Crippen LogP contribution in [-0.2, 0) is 0 Å². The molecule has 1 nitrogen and oxygen atoms in total. The Morgan fingerprint density at radius 2 is 1.70 bits per heavy atom. The maximum Gasteiger partial charge on any atom is 0.0122 e. The molecule has 0 aromatic heterocycles. The zero-order chi connectivity index (χ0) is 8.31. The average Bonchev–Trinajstić information content (AvgIpc) is 1.84. The Kier molecular flexibility index (Phi) is 4.31. The molecule has 0 rings (SSSR count). The molecule has 0 heterocycles. The van der Waals surface area contributed by atoms with Crippen LogP contribution in [0.3, 0.4) is 0 Å². The van der Waals surface area contributed by atoms with Crippen molar-refractivity contribution in [2.75, 3.05) is 13.7 Å². The van der Waals surface area contributed by atoms with E-state index >= 15 is 0 Å². The van der Waals surface area contributed by atoms with Gasteiger partial charge in [0.25, 0.3) is 0 Å². The Bertz CT molecular complexity index is 120. The zero-order valence-corrected chi connectivity index (χ0v) is 8.81. The van der Waals surface area contributed by atoms with E-state index in [9.17, 15) is 0 Å². The third kappa shape index (κ3) is 2.90. The van der Waals surface area contributed by atoms with Crippen LogP contribution in [0, 0.1) is 5.92 Å². The van der Waals surface area contributed by atoms with E-state index in [1.165, 1.54) is 0 Å². The fourth-order valence-electron chi connectivity index (χ4n) is 0.795. The van der Waals surface area contributed by atoms with Crippen LogP contribution < -0.4 is 0 Å². The van der Waals surface area contributed by atoms with Gasteiger partial charge >= 0.3 is 0 Å². The van der Waals surface area contributed by atoms with Crippen LogP contribution in [0.1, 0.15) is 20.8 Å². The lowest BCUT2D eigenvalue weighted by molar-refractivity contribution is 0.337. The van der Waals surface area contributed by atoms with Crippen molar-refractivity contribution in [3.63, 3.8) is 0 Å². The monoisotopic (exact) mass is 161 g/mol. The van der Waals surface area contributed by atoms with Gasteiger partial charge in [-0.25, -0.2) is 0 Å². The lowest BCUT2D eigenvalue weighted by atomic mass is 10.1. The van der Waals surface area contributed by atoms with E-state index in [1.54, 1.807) is 0 Å². The first-order valence-corrected chi connectivity index (χ1v) is 6.00. The van der Waals surface area contributed by atoms with Crippen molar-refractivity contribution in [1.29, 1.82) is 0 Å². The fraction of sp³-hybridized carbons (Fsp3) is 0.875. The summed E-state index contributed by atoms with van der Waals surface area (Å²) in [5.41, 5.74) is 0. The van der Waals surface area contributed by atoms with E-state index < -0.39 is 7.70 Å². The van der Waals surface area contributed by atoms with Crippen LogP contribution in [0.4, 0.5) is 0 Å². The van der Waals surface area contributed by atoms with Gasteiger partial charge in [0, 0.05) is 6.04 Å². The highest BCUT2D eigenvalue weighted by atomic mass is 31.1. The molecule has 0 aromatic rings. The number of hydrogen-bond acceptors (Lipinski definition) is 1. The van der Waals surface area contributed by atoms with Gasteiger partial charge in [0.2, 0.25) is 0 Å². The fourth-order valence-corrected chi connectivity index (χ4v) is 1.79. The molecule has 2 unspecified atom stereocenters. The first-order chi connectivity index (χ1) is 4.46. The van der Waals surface area contributed by atoms with Crippen LogP contribution in [0.2, 0.25) is 0 Å². The highest BCUT2D eigenvalue weighted by molar-refractivity contribution is 7.52. The predicted molar refractivity (Wildman–Crippen MR) is 53.4 cm³/mol. The van der Waals surface area contributed by atoms with Gasteiger partial charge in [0.15, 0.2) is 0 Å². The van der Waals surface area contributed by atoms with E-state index in [-0.39, 0.29) is 0 Å². The van der Waals surface area contributed by atoms with E-state index in [4.69, 9.17) is 0 Å². The Labute approximate surface area is 65.9 Å². The summed E-state index contributed by atoms with van der Waals surface area (Å²) in [5.74, 6) is 0.742. The number of nitrogens with zero attached hydrogens (tertiary/aromatic N) is 1. The van der Waals surface area contributed by atoms with E-state index in [1.807, 2.05) is 0 Å². The molecule has 0 aromatic carbocycles. The summed E-state index contributed by atoms with van der Waals surface area (Å²) in [7, 11) is 1.70. The summed E-state index contributed by atoms with van der Waals surface area (Å²) in [5, 5.41) is 0. The lowest BCUT2D eigenvalue weighted by Gasteiger charge is -2.28. The third-order valence-electron chi connectivity index (χ3n) is 2.18.